The van der Waals surface area contributed by atoms with Crippen molar-refractivity contribution in [2.75, 3.05) is 13.7 Å². The van der Waals surface area contributed by atoms with Crippen molar-refractivity contribution < 1.29 is 9.84 Å². The second-order valence-corrected chi connectivity index (χ2v) is 5.98. The van der Waals surface area contributed by atoms with E-state index in [1.54, 1.807) is 7.11 Å². The monoisotopic (exact) mass is 229 g/mol. The van der Waals surface area contributed by atoms with Crippen LogP contribution in [0.2, 0.25) is 0 Å². The van der Waals surface area contributed by atoms with Crippen LogP contribution in [0.1, 0.15) is 46.5 Å². The maximum absolute atomic E-state index is 10.7. The number of aliphatic hydroxyl groups is 1. The van der Waals surface area contributed by atoms with E-state index in [2.05, 4.69) is 13.8 Å². The summed E-state index contributed by atoms with van der Waals surface area (Å²) in [6.45, 7) is 6.76. The Morgan fingerprint density at radius 1 is 1.56 bits per heavy atom. The van der Waals surface area contributed by atoms with Crippen molar-refractivity contribution >= 4 is 0 Å². The van der Waals surface area contributed by atoms with Crippen molar-refractivity contribution in [3.05, 3.63) is 0 Å². The third kappa shape index (κ3) is 2.76. The van der Waals surface area contributed by atoms with Gasteiger partial charge in [-0.15, -0.1) is 0 Å². The van der Waals surface area contributed by atoms with Crippen molar-refractivity contribution in [1.82, 2.24) is 0 Å². The molecule has 0 aromatic rings. The Morgan fingerprint density at radius 2 is 2.19 bits per heavy atom. The lowest BCUT2D eigenvalue weighted by Gasteiger charge is -2.47. The van der Waals surface area contributed by atoms with Crippen molar-refractivity contribution in [1.29, 1.82) is 0 Å². The lowest BCUT2D eigenvalue weighted by Crippen LogP contribution is -2.63. The van der Waals surface area contributed by atoms with Crippen molar-refractivity contribution in [2.24, 2.45) is 17.6 Å². The van der Waals surface area contributed by atoms with E-state index in [0.29, 0.717) is 18.4 Å². The van der Waals surface area contributed by atoms with Crippen LogP contribution < -0.4 is 5.73 Å². The third-order valence-corrected chi connectivity index (χ3v) is 4.22. The second-order valence-electron chi connectivity index (χ2n) is 5.98. The minimum atomic E-state index is -0.768. The van der Waals surface area contributed by atoms with Crippen LogP contribution >= 0.6 is 0 Å². The molecule has 1 fully saturated rings. The third-order valence-electron chi connectivity index (χ3n) is 4.22. The number of hydrogen-bond acceptors (Lipinski definition) is 3. The lowest BCUT2D eigenvalue weighted by molar-refractivity contribution is -0.0983. The summed E-state index contributed by atoms with van der Waals surface area (Å²) < 4.78 is 5.14. The molecule has 3 nitrogen and oxygen atoms in total. The van der Waals surface area contributed by atoms with Gasteiger partial charge in [-0.1, -0.05) is 20.3 Å². The molecule has 3 atom stereocenters. The lowest BCUT2D eigenvalue weighted by atomic mass is 9.66. The summed E-state index contributed by atoms with van der Waals surface area (Å²) >= 11 is 0. The first kappa shape index (κ1) is 13.9. The molecule has 1 rings (SSSR count). The van der Waals surface area contributed by atoms with Crippen LogP contribution in [-0.2, 0) is 4.74 Å². The molecule has 3 N–H and O–H groups in total. The van der Waals surface area contributed by atoms with E-state index < -0.39 is 11.1 Å². The molecule has 1 aliphatic rings. The number of hydrogen-bond donors (Lipinski definition) is 2. The summed E-state index contributed by atoms with van der Waals surface area (Å²) in [6.07, 6.45) is 3.88. The van der Waals surface area contributed by atoms with Crippen LogP contribution in [-0.4, -0.2) is 30.0 Å². The Hall–Kier alpha value is -0.120. The Labute approximate surface area is 99.4 Å². The van der Waals surface area contributed by atoms with E-state index >= 15 is 0 Å². The highest BCUT2D eigenvalue weighted by Crippen LogP contribution is 2.41. The van der Waals surface area contributed by atoms with E-state index in [9.17, 15) is 5.11 Å². The topological polar surface area (TPSA) is 55.5 Å². The molecule has 0 radical (unpaired) electrons. The largest absolute Gasteiger partial charge is 0.388 e. The predicted molar refractivity (Wildman–Crippen MR) is 66.2 cm³/mol. The molecule has 3 unspecified atom stereocenters. The summed E-state index contributed by atoms with van der Waals surface area (Å²) in [7, 11) is 1.64. The Morgan fingerprint density at radius 3 is 2.69 bits per heavy atom. The minimum absolute atomic E-state index is 0.411. The highest BCUT2D eigenvalue weighted by atomic mass is 16.5. The van der Waals surface area contributed by atoms with Crippen LogP contribution in [0, 0.1) is 11.8 Å². The Balaban J connectivity index is 2.75. The molecule has 0 spiro atoms. The number of ether oxygens (including phenoxy) is 1. The maximum Gasteiger partial charge on any atom is 0.0848 e. The van der Waals surface area contributed by atoms with Gasteiger partial charge in [0.15, 0.2) is 0 Å². The molecule has 0 amide bonds. The van der Waals surface area contributed by atoms with Gasteiger partial charge < -0.3 is 15.6 Å². The molecule has 16 heavy (non-hydrogen) atoms. The summed E-state index contributed by atoms with van der Waals surface area (Å²) in [5.74, 6) is 1.20. The quantitative estimate of drug-likeness (QED) is 0.774. The summed E-state index contributed by atoms with van der Waals surface area (Å²) in [4.78, 5) is 0. The van der Waals surface area contributed by atoms with Crippen LogP contribution in [0.5, 0.6) is 0 Å². The van der Waals surface area contributed by atoms with E-state index in [1.165, 1.54) is 6.42 Å². The molecule has 0 saturated heterocycles. The summed E-state index contributed by atoms with van der Waals surface area (Å²) in [6, 6.07) is 0. The van der Waals surface area contributed by atoms with E-state index in [1.807, 2.05) is 6.92 Å². The molecular weight excluding hydrogens is 202 g/mol. The van der Waals surface area contributed by atoms with Gasteiger partial charge in [0, 0.05) is 7.11 Å². The van der Waals surface area contributed by atoms with Gasteiger partial charge in [0.05, 0.1) is 17.7 Å². The highest BCUT2D eigenvalue weighted by Gasteiger charge is 2.47. The Bertz CT molecular complexity index is 228. The average molecular weight is 229 g/mol. The normalized spacial score (nSPS) is 35.1. The molecule has 96 valence electrons. The number of methoxy groups -OCH3 is 1. The zero-order valence-electron chi connectivity index (χ0n) is 11.1. The molecule has 0 bridgehead atoms. The minimum Gasteiger partial charge on any atom is -0.388 e. The molecule has 3 heteroatoms. The van der Waals surface area contributed by atoms with Crippen molar-refractivity contribution in [3.8, 4) is 0 Å². The van der Waals surface area contributed by atoms with Crippen LogP contribution in [0.25, 0.3) is 0 Å². The number of nitrogens with two attached hydrogens (primary N) is 1. The average Bonchev–Trinajstić information content (AvgIpc) is 2.17. The zero-order valence-corrected chi connectivity index (χ0v) is 11.1. The molecular formula is C13H27NO2. The zero-order chi connectivity index (χ0) is 12.4. The van der Waals surface area contributed by atoms with Gasteiger partial charge in [0.25, 0.3) is 0 Å². The van der Waals surface area contributed by atoms with Gasteiger partial charge in [-0.25, -0.2) is 0 Å². The number of rotatable bonds is 4. The van der Waals surface area contributed by atoms with Gasteiger partial charge in [0.1, 0.15) is 0 Å². The van der Waals surface area contributed by atoms with Crippen molar-refractivity contribution in [3.63, 3.8) is 0 Å². The molecule has 0 aromatic carbocycles. The smallest absolute Gasteiger partial charge is 0.0848 e. The summed E-state index contributed by atoms with van der Waals surface area (Å²) in [5, 5.41) is 10.7. The SMILES string of the molecule is COCC(C)(N)C1(O)CCCC(C(C)C)C1. The van der Waals surface area contributed by atoms with Crippen molar-refractivity contribution in [2.45, 2.75) is 57.6 Å². The first-order chi connectivity index (χ1) is 7.32. The van der Waals surface area contributed by atoms with Crippen LogP contribution in [0.3, 0.4) is 0 Å². The molecule has 0 heterocycles. The molecule has 1 saturated carbocycles. The summed E-state index contributed by atoms with van der Waals surface area (Å²) in [5.41, 5.74) is 4.81. The maximum atomic E-state index is 10.7. The van der Waals surface area contributed by atoms with Gasteiger partial charge in [-0.2, -0.15) is 0 Å². The standard InChI is InChI=1S/C13H27NO2/c1-10(2)11-6-5-7-13(15,8-11)12(3,14)9-16-4/h10-11,15H,5-9,14H2,1-4H3. The predicted octanol–water partition coefficient (Wildman–Crippen LogP) is 1.93. The van der Waals surface area contributed by atoms with Gasteiger partial charge in [0.2, 0.25) is 0 Å². The highest BCUT2D eigenvalue weighted by molar-refractivity contribution is 5.03. The molecule has 0 aromatic heterocycles. The van der Waals surface area contributed by atoms with Crippen LogP contribution in [0.15, 0.2) is 0 Å². The van der Waals surface area contributed by atoms with E-state index in [-0.39, 0.29) is 0 Å². The molecule has 0 aliphatic heterocycles. The first-order valence-corrected chi connectivity index (χ1v) is 6.32. The van der Waals surface area contributed by atoms with E-state index in [0.717, 1.165) is 19.3 Å². The fourth-order valence-electron chi connectivity index (χ4n) is 2.82. The first-order valence-electron chi connectivity index (χ1n) is 6.32. The second kappa shape index (κ2) is 5.03. The fraction of sp³-hybridized carbons (Fsp3) is 1.00. The van der Waals surface area contributed by atoms with E-state index in [4.69, 9.17) is 10.5 Å². The fourth-order valence-corrected chi connectivity index (χ4v) is 2.82. The van der Waals surface area contributed by atoms with Gasteiger partial charge in [-0.3, -0.25) is 0 Å². The Kier molecular flexibility index (Phi) is 4.38. The molecule has 1 aliphatic carbocycles. The van der Waals surface area contributed by atoms with Crippen LogP contribution in [0.4, 0.5) is 0 Å². The van der Waals surface area contributed by atoms with Gasteiger partial charge in [-0.05, 0) is 38.0 Å². The van der Waals surface area contributed by atoms with Gasteiger partial charge >= 0.3 is 0 Å².